The number of anilines is 1. The molecule has 2 fully saturated rings. The van der Waals surface area contributed by atoms with Crippen molar-refractivity contribution in [3.05, 3.63) is 74.2 Å². The van der Waals surface area contributed by atoms with Crippen molar-refractivity contribution >= 4 is 34.6 Å². The number of nitrogens with one attached hydrogen (secondary N) is 3. The van der Waals surface area contributed by atoms with Crippen LogP contribution in [-0.2, 0) is 17.8 Å². The van der Waals surface area contributed by atoms with E-state index in [1.54, 1.807) is 38.1 Å². The van der Waals surface area contributed by atoms with E-state index in [1.807, 2.05) is 0 Å². The number of rotatable bonds is 8. The fraction of sp³-hybridized carbons (Fsp3) is 0.452. The summed E-state index contributed by atoms with van der Waals surface area (Å²) in [6.07, 6.45) is 2.65. The lowest BCUT2D eigenvalue weighted by Crippen LogP contribution is -2.50. The summed E-state index contributed by atoms with van der Waals surface area (Å²) in [5.74, 6) is -0.782. The molecule has 2 aromatic carbocycles. The molecule has 1 aliphatic heterocycles. The van der Waals surface area contributed by atoms with Gasteiger partial charge in [0.2, 0.25) is 0 Å². The zero-order valence-electron chi connectivity index (χ0n) is 25.0. The highest BCUT2D eigenvalue weighted by Crippen LogP contribution is 2.30. The van der Waals surface area contributed by atoms with Crippen molar-refractivity contribution in [1.82, 2.24) is 24.7 Å². The largest absolute Gasteiger partial charge is 0.453 e. The predicted octanol–water partition coefficient (Wildman–Crippen LogP) is 3.58. The maximum Gasteiger partial charge on any atom is 0.407 e. The molecule has 1 saturated carbocycles. The summed E-state index contributed by atoms with van der Waals surface area (Å²) < 4.78 is 22.5. The number of halogens is 1. The van der Waals surface area contributed by atoms with Crippen LogP contribution in [0.25, 0.3) is 10.9 Å². The summed E-state index contributed by atoms with van der Waals surface area (Å²) in [5, 5.41) is 8.28. The van der Waals surface area contributed by atoms with Crippen LogP contribution in [0.4, 0.5) is 19.7 Å². The number of ether oxygens (including phenoxy) is 1. The lowest BCUT2D eigenvalue weighted by Gasteiger charge is -2.33. The molecule has 3 aromatic rings. The van der Waals surface area contributed by atoms with Gasteiger partial charge in [-0.15, -0.1) is 0 Å². The van der Waals surface area contributed by atoms with Crippen LogP contribution in [0.5, 0.6) is 0 Å². The zero-order valence-corrected chi connectivity index (χ0v) is 25.0. The molecule has 234 valence electrons. The Morgan fingerprint density at radius 1 is 1.07 bits per heavy atom. The highest BCUT2D eigenvalue weighted by Gasteiger charge is 2.28. The quantitative estimate of drug-likeness (QED) is 0.357. The van der Waals surface area contributed by atoms with Crippen LogP contribution in [0.1, 0.15) is 61.5 Å². The molecule has 1 unspecified atom stereocenters. The van der Waals surface area contributed by atoms with Crippen molar-refractivity contribution in [2.45, 2.75) is 64.7 Å². The minimum absolute atomic E-state index is 0.153. The summed E-state index contributed by atoms with van der Waals surface area (Å²) in [6, 6.07) is 8.01. The fourth-order valence-corrected chi connectivity index (χ4v) is 5.48. The van der Waals surface area contributed by atoms with E-state index in [-0.39, 0.29) is 53.6 Å². The smallest absolute Gasteiger partial charge is 0.407 e. The monoisotopic (exact) mass is 608 g/mol. The Kier molecular flexibility index (Phi) is 9.02. The van der Waals surface area contributed by atoms with Gasteiger partial charge in [0.15, 0.2) is 0 Å². The van der Waals surface area contributed by atoms with Crippen LogP contribution in [0, 0.1) is 11.7 Å². The standard InChI is InChI=1S/C31H37FN6O6/c1-18(2)38-26-14-24(32)25(13-23(26)28(40)37(31(38)43)16-20-6-7-20)35-29(41)36-12-4-5-22(17-36)34-27(39)21-10-8-19(9-11-21)15-33-30(42)44-3/h8-11,13-14,18,20,22H,4-7,12,15-17H2,1-3H3,(H,33,42)(H,34,39)(H,35,41). The number of methoxy groups -OCH3 is 1. The number of likely N-dealkylation sites (tertiary alicyclic amines) is 1. The highest BCUT2D eigenvalue weighted by molar-refractivity contribution is 5.95. The first kappa shape index (κ1) is 30.8. The van der Waals surface area contributed by atoms with E-state index < -0.39 is 29.2 Å². The number of amides is 4. The van der Waals surface area contributed by atoms with Crippen LogP contribution in [0.15, 0.2) is 46.0 Å². The van der Waals surface area contributed by atoms with Gasteiger partial charge in [-0.3, -0.25) is 18.7 Å². The van der Waals surface area contributed by atoms with E-state index in [0.29, 0.717) is 31.5 Å². The predicted molar refractivity (Wildman–Crippen MR) is 162 cm³/mol. The summed E-state index contributed by atoms with van der Waals surface area (Å²) in [4.78, 5) is 65.3. The van der Waals surface area contributed by atoms with Crippen molar-refractivity contribution in [3.63, 3.8) is 0 Å². The minimum atomic E-state index is -0.758. The molecule has 0 bridgehead atoms. The molecule has 1 atom stereocenters. The molecule has 0 spiro atoms. The molecular formula is C31H37FN6O6. The van der Waals surface area contributed by atoms with Gasteiger partial charge in [0.25, 0.3) is 11.5 Å². The molecule has 12 nitrogen and oxygen atoms in total. The summed E-state index contributed by atoms with van der Waals surface area (Å²) in [6.45, 7) is 4.80. The number of benzene rings is 2. The first-order chi connectivity index (χ1) is 21.0. The van der Waals surface area contributed by atoms with Gasteiger partial charge in [0.05, 0.1) is 23.7 Å². The number of aromatic nitrogens is 2. The molecule has 0 radical (unpaired) electrons. The van der Waals surface area contributed by atoms with Crippen molar-refractivity contribution in [2.24, 2.45) is 5.92 Å². The number of fused-ring (bicyclic) bond motifs is 1. The van der Waals surface area contributed by atoms with E-state index in [4.69, 9.17) is 0 Å². The molecule has 2 heterocycles. The zero-order chi connectivity index (χ0) is 31.5. The third-order valence-corrected chi connectivity index (χ3v) is 8.04. The third-order valence-electron chi connectivity index (χ3n) is 8.04. The summed E-state index contributed by atoms with van der Waals surface area (Å²) in [7, 11) is 1.28. The van der Waals surface area contributed by atoms with Gasteiger partial charge < -0.3 is 25.6 Å². The number of carbonyl (C=O) groups is 3. The van der Waals surface area contributed by atoms with Gasteiger partial charge in [-0.05, 0) is 69.2 Å². The summed E-state index contributed by atoms with van der Waals surface area (Å²) in [5.41, 5.74) is 0.290. The molecule has 44 heavy (non-hydrogen) atoms. The Labute approximate surface area is 253 Å². The van der Waals surface area contributed by atoms with Crippen LogP contribution in [-0.4, -0.2) is 58.3 Å². The Morgan fingerprint density at radius 3 is 2.45 bits per heavy atom. The molecule has 3 N–H and O–H groups in total. The molecule has 2 aliphatic rings. The van der Waals surface area contributed by atoms with Crippen LogP contribution >= 0.6 is 0 Å². The number of piperidine rings is 1. The molecule has 1 aromatic heterocycles. The van der Waals surface area contributed by atoms with E-state index in [1.165, 1.54) is 27.2 Å². The van der Waals surface area contributed by atoms with Gasteiger partial charge in [-0.1, -0.05) is 12.1 Å². The van der Waals surface area contributed by atoms with Crippen molar-refractivity contribution in [3.8, 4) is 0 Å². The van der Waals surface area contributed by atoms with Crippen molar-refractivity contribution in [2.75, 3.05) is 25.5 Å². The first-order valence-electron chi connectivity index (χ1n) is 14.8. The van der Waals surface area contributed by atoms with Crippen LogP contribution in [0.3, 0.4) is 0 Å². The van der Waals surface area contributed by atoms with E-state index >= 15 is 4.39 Å². The molecule has 1 saturated heterocycles. The average Bonchev–Trinajstić information content (AvgIpc) is 3.83. The number of hydrogen-bond acceptors (Lipinski definition) is 6. The van der Waals surface area contributed by atoms with Crippen LogP contribution in [0.2, 0.25) is 0 Å². The van der Waals surface area contributed by atoms with Crippen molar-refractivity contribution < 1.29 is 23.5 Å². The van der Waals surface area contributed by atoms with Gasteiger partial charge in [-0.25, -0.2) is 18.8 Å². The normalized spacial score (nSPS) is 16.6. The number of urea groups is 1. The van der Waals surface area contributed by atoms with E-state index in [2.05, 4.69) is 20.7 Å². The van der Waals surface area contributed by atoms with Gasteiger partial charge >= 0.3 is 17.8 Å². The maximum atomic E-state index is 15.3. The third kappa shape index (κ3) is 6.76. The lowest BCUT2D eigenvalue weighted by molar-refractivity contribution is 0.0913. The number of hydrogen-bond donors (Lipinski definition) is 3. The van der Waals surface area contributed by atoms with Crippen molar-refractivity contribution in [1.29, 1.82) is 0 Å². The second-order valence-corrected chi connectivity index (χ2v) is 11.7. The second-order valence-electron chi connectivity index (χ2n) is 11.7. The Morgan fingerprint density at radius 2 is 1.80 bits per heavy atom. The van der Waals surface area contributed by atoms with Gasteiger partial charge in [-0.2, -0.15) is 0 Å². The lowest BCUT2D eigenvalue weighted by atomic mass is 10.0. The van der Waals surface area contributed by atoms with E-state index in [9.17, 15) is 24.0 Å². The molecular weight excluding hydrogens is 571 g/mol. The number of nitrogens with zero attached hydrogens (tertiary/aromatic N) is 3. The van der Waals surface area contributed by atoms with Gasteiger partial charge in [0, 0.05) is 49.9 Å². The number of alkyl carbamates (subject to hydrolysis) is 1. The minimum Gasteiger partial charge on any atom is -0.453 e. The topological polar surface area (TPSA) is 144 Å². The van der Waals surface area contributed by atoms with E-state index in [0.717, 1.165) is 24.5 Å². The Balaban J connectivity index is 1.27. The Bertz CT molecular complexity index is 1690. The van der Waals surface area contributed by atoms with Gasteiger partial charge in [0.1, 0.15) is 5.82 Å². The molecule has 4 amide bonds. The average molecular weight is 609 g/mol. The molecule has 1 aliphatic carbocycles. The summed E-state index contributed by atoms with van der Waals surface area (Å²) >= 11 is 0. The van der Waals surface area contributed by atoms with Crippen LogP contribution < -0.4 is 27.2 Å². The fourth-order valence-electron chi connectivity index (χ4n) is 5.48. The molecule has 13 heteroatoms. The molecule has 5 rings (SSSR count). The maximum absolute atomic E-state index is 15.3. The first-order valence-corrected chi connectivity index (χ1v) is 14.8. The Hall–Kier alpha value is -4.68. The number of carbonyl (C=O) groups excluding carboxylic acids is 3. The SMILES string of the molecule is COC(=O)NCc1ccc(C(=O)NC2CCCN(C(=O)Nc3cc4c(=O)n(CC5CC5)c(=O)n(C(C)C)c4cc3F)C2)cc1. The second kappa shape index (κ2) is 12.9. The highest BCUT2D eigenvalue weighted by atomic mass is 19.1.